The Morgan fingerprint density at radius 2 is 2.14 bits per heavy atom. The number of hydrogen-bond donors (Lipinski definition) is 0. The molecule has 0 saturated carbocycles. The predicted molar refractivity (Wildman–Crippen MR) is 64.1 cm³/mol. The third-order valence-electron chi connectivity index (χ3n) is 2.19. The van der Waals surface area contributed by atoms with Crippen molar-refractivity contribution >= 4 is 29.1 Å². The fraction of sp³-hybridized carbons (Fsp3) is 0.273. The van der Waals surface area contributed by atoms with Gasteiger partial charge in [-0.25, -0.2) is 0 Å². The summed E-state index contributed by atoms with van der Waals surface area (Å²) in [7, 11) is 0. The van der Waals surface area contributed by atoms with Crippen LogP contribution in [0.2, 0.25) is 5.02 Å². The van der Waals surface area contributed by atoms with E-state index in [0.717, 1.165) is 10.1 Å². The van der Waals surface area contributed by atoms with E-state index in [-0.39, 0.29) is 0 Å². The van der Waals surface area contributed by atoms with Crippen molar-refractivity contribution in [1.29, 1.82) is 0 Å². The smallest absolute Gasteiger partial charge is 0.0730 e. The van der Waals surface area contributed by atoms with Gasteiger partial charge in [0.1, 0.15) is 0 Å². The van der Waals surface area contributed by atoms with Crippen LogP contribution in [-0.2, 0) is 0 Å². The maximum absolute atomic E-state index is 5.98. The van der Waals surface area contributed by atoms with E-state index in [9.17, 15) is 0 Å². The van der Waals surface area contributed by atoms with E-state index in [1.807, 2.05) is 12.1 Å². The van der Waals surface area contributed by atoms with Crippen molar-refractivity contribution in [2.24, 2.45) is 0 Å². The number of hydrogen-bond acceptors (Lipinski definition) is 2. The molecule has 0 fully saturated rings. The molecule has 0 bridgehead atoms. The molecule has 1 aliphatic rings. The average molecular weight is 226 g/mol. The molecule has 1 aliphatic heterocycles. The quantitative estimate of drug-likeness (QED) is 0.707. The Morgan fingerprint density at radius 3 is 2.79 bits per heavy atom. The van der Waals surface area contributed by atoms with Crippen molar-refractivity contribution in [2.45, 2.75) is 24.8 Å². The summed E-state index contributed by atoms with van der Waals surface area (Å²) in [4.78, 5) is 3.46. The van der Waals surface area contributed by atoms with E-state index in [1.54, 1.807) is 11.8 Å². The maximum atomic E-state index is 5.98. The van der Waals surface area contributed by atoms with Crippen molar-refractivity contribution in [3.05, 3.63) is 34.8 Å². The zero-order valence-corrected chi connectivity index (χ0v) is 9.82. The zero-order valence-electron chi connectivity index (χ0n) is 8.25. The number of fused-ring (bicyclic) bond motifs is 1. The highest BCUT2D eigenvalue weighted by molar-refractivity contribution is 8.03. The molecular formula is C11H12ClNS. The molecular weight excluding hydrogens is 214 g/mol. The molecule has 1 heterocycles. The van der Waals surface area contributed by atoms with Gasteiger partial charge in [-0.1, -0.05) is 29.9 Å². The lowest BCUT2D eigenvalue weighted by atomic mass is 10.2. The number of anilines is 1. The van der Waals surface area contributed by atoms with Crippen LogP contribution in [0.4, 0.5) is 5.69 Å². The van der Waals surface area contributed by atoms with Crippen molar-refractivity contribution in [2.75, 3.05) is 4.90 Å². The highest BCUT2D eigenvalue weighted by atomic mass is 35.5. The summed E-state index contributed by atoms with van der Waals surface area (Å²) in [6.07, 6.45) is 0. The summed E-state index contributed by atoms with van der Waals surface area (Å²) in [6, 6.07) is 6.40. The summed E-state index contributed by atoms with van der Waals surface area (Å²) in [5.41, 5.74) is 1.18. The third-order valence-corrected chi connectivity index (χ3v) is 3.43. The number of thioether (sulfide) groups is 1. The van der Waals surface area contributed by atoms with Crippen LogP contribution in [0.15, 0.2) is 34.7 Å². The normalized spacial score (nSPS) is 15.1. The van der Waals surface area contributed by atoms with Crippen LogP contribution >= 0.6 is 23.4 Å². The molecule has 0 saturated heterocycles. The van der Waals surface area contributed by atoms with E-state index in [0.29, 0.717) is 6.04 Å². The Balaban J connectivity index is 2.50. The molecule has 0 unspecified atom stereocenters. The first-order chi connectivity index (χ1) is 6.59. The van der Waals surface area contributed by atoms with Crippen LogP contribution in [0.1, 0.15) is 13.8 Å². The zero-order chi connectivity index (χ0) is 10.3. The number of rotatable bonds is 1. The summed E-state index contributed by atoms with van der Waals surface area (Å²) in [5.74, 6) is 0. The van der Waals surface area contributed by atoms with Crippen molar-refractivity contribution in [1.82, 2.24) is 0 Å². The largest absolute Gasteiger partial charge is 0.333 e. The van der Waals surface area contributed by atoms with E-state index in [1.165, 1.54) is 10.6 Å². The van der Waals surface area contributed by atoms with Gasteiger partial charge in [-0.05, 0) is 32.0 Å². The van der Waals surface area contributed by atoms with Crippen LogP contribution < -0.4 is 4.90 Å². The first kappa shape index (κ1) is 9.94. The van der Waals surface area contributed by atoms with E-state index >= 15 is 0 Å². The van der Waals surface area contributed by atoms with Gasteiger partial charge in [0.25, 0.3) is 0 Å². The van der Waals surface area contributed by atoms with Gasteiger partial charge in [-0.3, -0.25) is 0 Å². The molecule has 0 aliphatic carbocycles. The highest BCUT2D eigenvalue weighted by Crippen LogP contribution is 2.46. The van der Waals surface area contributed by atoms with E-state index in [2.05, 4.69) is 31.4 Å². The van der Waals surface area contributed by atoms with Crippen LogP contribution in [0.5, 0.6) is 0 Å². The van der Waals surface area contributed by atoms with Gasteiger partial charge < -0.3 is 4.90 Å². The minimum Gasteiger partial charge on any atom is -0.333 e. The molecule has 74 valence electrons. The molecule has 1 aromatic rings. The SMILES string of the molecule is C=C1Sc2ccc(Cl)cc2N1C(C)C. The van der Waals surface area contributed by atoms with Gasteiger partial charge in [-0.15, -0.1) is 0 Å². The first-order valence-electron chi connectivity index (χ1n) is 4.55. The Kier molecular flexibility index (Phi) is 2.50. The van der Waals surface area contributed by atoms with Gasteiger partial charge in [-0.2, -0.15) is 0 Å². The second kappa shape index (κ2) is 3.52. The molecule has 1 nitrogen and oxygen atoms in total. The lowest BCUT2D eigenvalue weighted by Crippen LogP contribution is -2.25. The van der Waals surface area contributed by atoms with Crippen LogP contribution in [-0.4, -0.2) is 6.04 Å². The Bertz CT molecular complexity index is 387. The summed E-state index contributed by atoms with van der Waals surface area (Å²) in [6.45, 7) is 8.36. The molecule has 0 aromatic heterocycles. The second-order valence-corrected chi connectivity index (χ2v) is 5.12. The van der Waals surface area contributed by atoms with Gasteiger partial charge >= 0.3 is 0 Å². The minimum atomic E-state index is 0.426. The average Bonchev–Trinajstić information content (AvgIpc) is 2.40. The van der Waals surface area contributed by atoms with Crippen LogP contribution in [0, 0.1) is 0 Å². The maximum Gasteiger partial charge on any atom is 0.0730 e. The summed E-state index contributed by atoms with van der Waals surface area (Å²) >= 11 is 7.68. The standard InChI is InChI=1S/C11H12ClNS/c1-7(2)13-8(3)14-11-5-4-9(12)6-10(11)13/h4-7H,3H2,1-2H3. The van der Waals surface area contributed by atoms with E-state index < -0.39 is 0 Å². The van der Waals surface area contributed by atoms with E-state index in [4.69, 9.17) is 11.6 Å². The van der Waals surface area contributed by atoms with Gasteiger partial charge in [0.15, 0.2) is 0 Å². The fourth-order valence-corrected chi connectivity index (χ4v) is 2.87. The van der Waals surface area contributed by atoms with Gasteiger partial charge in [0.05, 0.1) is 10.7 Å². The first-order valence-corrected chi connectivity index (χ1v) is 5.74. The molecule has 2 rings (SSSR count). The molecule has 0 amide bonds. The van der Waals surface area contributed by atoms with Crippen LogP contribution in [0.3, 0.4) is 0 Å². The number of benzene rings is 1. The third kappa shape index (κ3) is 1.53. The summed E-state index contributed by atoms with van der Waals surface area (Å²) in [5, 5.41) is 1.86. The molecule has 14 heavy (non-hydrogen) atoms. The molecule has 0 spiro atoms. The molecule has 1 aromatic carbocycles. The van der Waals surface area contributed by atoms with Crippen molar-refractivity contribution in [3.8, 4) is 0 Å². The molecule has 0 atom stereocenters. The fourth-order valence-electron chi connectivity index (χ4n) is 1.64. The van der Waals surface area contributed by atoms with Gasteiger partial charge in [0.2, 0.25) is 0 Å². The Morgan fingerprint density at radius 1 is 1.43 bits per heavy atom. The predicted octanol–water partition coefficient (Wildman–Crippen LogP) is 4.13. The van der Waals surface area contributed by atoms with Crippen LogP contribution in [0.25, 0.3) is 0 Å². The molecule has 0 radical (unpaired) electrons. The second-order valence-electron chi connectivity index (χ2n) is 3.57. The number of halogens is 1. The molecule has 3 heteroatoms. The highest BCUT2D eigenvalue weighted by Gasteiger charge is 2.25. The monoisotopic (exact) mass is 225 g/mol. The molecule has 0 N–H and O–H groups in total. The summed E-state index contributed by atoms with van der Waals surface area (Å²) < 4.78 is 0. The Labute approximate surface area is 93.7 Å². The lowest BCUT2D eigenvalue weighted by Gasteiger charge is -2.24. The van der Waals surface area contributed by atoms with Crippen molar-refractivity contribution in [3.63, 3.8) is 0 Å². The Hall–Kier alpha value is -0.600. The van der Waals surface area contributed by atoms with Gasteiger partial charge in [0, 0.05) is 16.0 Å². The topological polar surface area (TPSA) is 3.24 Å². The van der Waals surface area contributed by atoms with Crippen molar-refractivity contribution < 1.29 is 0 Å². The minimum absolute atomic E-state index is 0.426. The number of nitrogens with zero attached hydrogens (tertiary/aromatic N) is 1. The lowest BCUT2D eigenvalue weighted by molar-refractivity contribution is 0.778.